The van der Waals surface area contributed by atoms with Gasteiger partial charge in [-0.3, -0.25) is 4.90 Å². The van der Waals surface area contributed by atoms with E-state index in [2.05, 4.69) is 5.16 Å². The largest absolute Gasteiger partial charge is 0.409 e. The van der Waals surface area contributed by atoms with Gasteiger partial charge in [0, 0.05) is 32.7 Å². The van der Waals surface area contributed by atoms with Gasteiger partial charge in [0.1, 0.15) is 5.92 Å². The van der Waals surface area contributed by atoms with Crippen molar-refractivity contribution in [2.24, 2.45) is 16.8 Å². The molecular formula is C9H17F3N4O. The monoisotopic (exact) mass is 254 g/mol. The Morgan fingerprint density at radius 1 is 1.35 bits per heavy atom. The normalized spacial score (nSPS) is 22.7. The van der Waals surface area contributed by atoms with Crippen LogP contribution in [0.5, 0.6) is 0 Å². The van der Waals surface area contributed by atoms with Crippen molar-refractivity contribution in [1.29, 1.82) is 0 Å². The van der Waals surface area contributed by atoms with E-state index in [0.717, 1.165) is 13.1 Å². The number of nitrogens with two attached hydrogens (primary N) is 1. The molecule has 1 rings (SSSR count). The summed E-state index contributed by atoms with van der Waals surface area (Å²) in [6.45, 7) is 2.30. The summed E-state index contributed by atoms with van der Waals surface area (Å²) in [6, 6.07) is 0. The quantitative estimate of drug-likeness (QED) is 0.326. The first-order chi connectivity index (χ1) is 7.84. The summed E-state index contributed by atoms with van der Waals surface area (Å²) in [5, 5.41) is 10.8. The van der Waals surface area contributed by atoms with Gasteiger partial charge in [-0.25, -0.2) is 0 Å². The molecule has 1 atom stereocenters. The van der Waals surface area contributed by atoms with Gasteiger partial charge in [-0.05, 0) is 7.05 Å². The smallest absolute Gasteiger partial charge is 0.400 e. The fourth-order valence-corrected chi connectivity index (χ4v) is 1.72. The van der Waals surface area contributed by atoms with Gasteiger partial charge in [-0.1, -0.05) is 5.16 Å². The second-order valence-electron chi connectivity index (χ2n) is 4.22. The SMILES string of the molecule is CN1CCN(CC(C(N)=NO)C(F)(F)F)CC1. The maximum absolute atomic E-state index is 12.7. The number of piperazine rings is 1. The van der Waals surface area contributed by atoms with Gasteiger partial charge < -0.3 is 15.8 Å². The first-order valence-corrected chi connectivity index (χ1v) is 5.29. The van der Waals surface area contributed by atoms with Crippen LogP contribution in [-0.4, -0.2) is 66.8 Å². The van der Waals surface area contributed by atoms with E-state index in [1.54, 1.807) is 4.90 Å². The van der Waals surface area contributed by atoms with E-state index in [-0.39, 0.29) is 6.54 Å². The van der Waals surface area contributed by atoms with Crippen molar-refractivity contribution in [3.05, 3.63) is 0 Å². The standard InChI is InChI=1S/C9H17F3N4O/c1-15-2-4-16(5-3-15)6-7(8(13)14-17)9(10,11)12/h7,17H,2-6H2,1H3,(H2,13,14). The molecule has 0 aromatic heterocycles. The number of oxime groups is 1. The minimum atomic E-state index is -4.49. The average Bonchev–Trinajstić information content (AvgIpc) is 2.25. The van der Waals surface area contributed by atoms with E-state index < -0.39 is 17.9 Å². The Labute approximate surface area is 97.7 Å². The van der Waals surface area contributed by atoms with Crippen molar-refractivity contribution in [2.45, 2.75) is 6.18 Å². The molecule has 1 fully saturated rings. The first-order valence-electron chi connectivity index (χ1n) is 5.29. The third-order valence-electron chi connectivity index (χ3n) is 2.90. The highest BCUT2D eigenvalue weighted by Gasteiger charge is 2.43. The highest BCUT2D eigenvalue weighted by Crippen LogP contribution is 2.27. The molecule has 5 nitrogen and oxygen atoms in total. The van der Waals surface area contributed by atoms with E-state index in [1.165, 1.54) is 0 Å². The van der Waals surface area contributed by atoms with Crippen LogP contribution in [0.3, 0.4) is 0 Å². The van der Waals surface area contributed by atoms with Gasteiger partial charge in [0.25, 0.3) is 0 Å². The Bertz CT molecular complexity index is 274. The highest BCUT2D eigenvalue weighted by molar-refractivity contribution is 5.83. The van der Waals surface area contributed by atoms with Gasteiger partial charge in [0.2, 0.25) is 0 Å². The lowest BCUT2D eigenvalue weighted by Crippen LogP contribution is -2.50. The topological polar surface area (TPSA) is 65.1 Å². The van der Waals surface area contributed by atoms with Crippen molar-refractivity contribution in [3.8, 4) is 0 Å². The molecule has 1 saturated heterocycles. The molecule has 0 radical (unpaired) electrons. The Kier molecular flexibility index (Phi) is 4.58. The average molecular weight is 254 g/mol. The molecule has 0 saturated carbocycles. The zero-order chi connectivity index (χ0) is 13.1. The molecule has 100 valence electrons. The van der Waals surface area contributed by atoms with Crippen LogP contribution in [0.2, 0.25) is 0 Å². The lowest BCUT2D eigenvalue weighted by atomic mass is 10.1. The molecule has 0 aliphatic carbocycles. The van der Waals surface area contributed by atoms with E-state index >= 15 is 0 Å². The van der Waals surface area contributed by atoms with E-state index in [9.17, 15) is 13.2 Å². The molecule has 8 heteroatoms. The maximum atomic E-state index is 12.7. The Morgan fingerprint density at radius 2 is 1.88 bits per heavy atom. The van der Waals surface area contributed by atoms with Crippen molar-refractivity contribution < 1.29 is 18.4 Å². The fourth-order valence-electron chi connectivity index (χ4n) is 1.72. The number of likely N-dealkylation sites (N-methyl/N-ethyl adjacent to an activating group) is 1. The van der Waals surface area contributed by atoms with Gasteiger partial charge in [-0.15, -0.1) is 0 Å². The molecule has 17 heavy (non-hydrogen) atoms. The van der Waals surface area contributed by atoms with Crippen molar-refractivity contribution >= 4 is 5.84 Å². The van der Waals surface area contributed by atoms with E-state index in [0.29, 0.717) is 13.1 Å². The fraction of sp³-hybridized carbons (Fsp3) is 0.889. The summed E-state index contributed by atoms with van der Waals surface area (Å²) in [7, 11) is 1.92. The zero-order valence-corrected chi connectivity index (χ0v) is 9.61. The predicted octanol–water partition coefficient (Wildman–Crippen LogP) is 0.159. The van der Waals surface area contributed by atoms with Gasteiger partial charge in [0.15, 0.2) is 5.84 Å². The molecule has 1 unspecified atom stereocenters. The van der Waals surface area contributed by atoms with Crippen molar-refractivity contribution in [2.75, 3.05) is 39.8 Å². The predicted molar refractivity (Wildman–Crippen MR) is 56.9 cm³/mol. The number of hydrogen-bond acceptors (Lipinski definition) is 4. The lowest BCUT2D eigenvalue weighted by Gasteiger charge is -2.34. The number of alkyl halides is 3. The van der Waals surface area contributed by atoms with Crippen LogP contribution >= 0.6 is 0 Å². The minimum Gasteiger partial charge on any atom is -0.409 e. The summed E-state index contributed by atoms with van der Waals surface area (Å²) >= 11 is 0. The van der Waals surface area contributed by atoms with E-state index in [1.807, 2.05) is 11.9 Å². The van der Waals surface area contributed by atoms with Crippen LogP contribution in [0.1, 0.15) is 0 Å². The lowest BCUT2D eigenvalue weighted by molar-refractivity contribution is -0.161. The number of halogens is 3. The van der Waals surface area contributed by atoms with Gasteiger partial charge in [0.05, 0.1) is 0 Å². The number of hydrogen-bond donors (Lipinski definition) is 2. The summed E-state index contributed by atoms with van der Waals surface area (Å²) < 4.78 is 38.0. The first kappa shape index (κ1) is 14.0. The maximum Gasteiger partial charge on any atom is 0.400 e. The Morgan fingerprint density at radius 3 is 2.29 bits per heavy atom. The molecule has 0 aromatic rings. The Hall–Kier alpha value is -1.02. The molecule has 3 N–H and O–H groups in total. The highest BCUT2D eigenvalue weighted by atomic mass is 19.4. The van der Waals surface area contributed by atoms with Crippen molar-refractivity contribution in [1.82, 2.24) is 9.80 Å². The second kappa shape index (κ2) is 5.54. The third-order valence-corrected chi connectivity index (χ3v) is 2.90. The third kappa shape index (κ3) is 4.04. The van der Waals surface area contributed by atoms with Crippen LogP contribution < -0.4 is 5.73 Å². The molecule has 1 heterocycles. The summed E-state index contributed by atoms with van der Waals surface area (Å²) in [5.41, 5.74) is 5.09. The van der Waals surface area contributed by atoms with E-state index in [4.69, 9.17) is 10.9 Å². The van der Waals surface area contributed by atoms with Gasteiger partial charge in [-0.2, -0.15) is 13.2 Å². The number of amidine groups is 1. The molecule has 0 aromatic carbocycles. The van der Waals surface area contributed by atoms with Gasteiger partial charge >= 0.3 is 6.18 Å². The number of nitrogens with zero attached hydrogens (tertiary/aromatic N) is 3. The van der Waals surface area contributed by atoms with Crippen LogP contribution in [0.25, 0.3) is 0 Å². The summed E-state index contributed by atoms with van der Waals surface area (Å²) in [4.78, 5) is 3.72. The molecule has 0 bridgehead atoms. The van der Waals surface area contributed by atoms with Crippen LogP contribution in [0.4, 0.5) is 13.2 Å². The summed E-state index contributed by atoms with van der Waals surface area (Å²) in [5.74, 6) is -2.69. The summed E-state index contributed by atoms with van der Waals surface area (Å²) in [6.07, 6.45) is -4.49. The van der Waals surface area contributed by atoms with Crippen molar-refractivity contribution in [3.63, 3.8) is 0 Å². The molecule has 1 aliphatic heterocycles. The number of rotatable bonds is 3. The molecule has 0 spiro atoms. The zero-order valence-electron chi connectivity index (χ0n) is 9.61. The van der Waals surface area contributed by atoms with Crippen LogP contribution in [-0.2, 0) is 0 Å². The van der Waals surface area contributed by atoms with Crippen LogP contribution in [0.15, 0.2) is 5.16 Å². The Balaban J connectivity index is 2.61. The molecule has 1 aliphatic rings. The molecular weight excluding hydrogens is 237 g/mol. The second-order valence-corrected chi connectivity index (χ2v) is 4.22. The minimum absolute atomic E-state index is 0.257. The molecule has 0 amide bonds. The van der Waals surface area contributed by atoms with Crippen LogP contribution in [0, 0.1) is 5.92 Å².